The second-order valence-electron chi connectivity index (χ2n) is 6.71. The molecule has 0 saturated heterocycles. The Morgan fingerprint density at radius 1 is 1.10 bits per heavy atom. The van der Waals surface area contributed by atoms with Gasteiger partial charge in [-0.05, 0) is 42.8 Å². The minimum atomic E-state index is -0.367. The average molecular weight is 408 g/mol. The van der Waals surface area contributed by atoms with Crippen LogP contribution in [0.4, 0.5) is 5.69 Å². The van der Waals surface area contributed by atoms with E-state index in [2.05, 4.69) is 10.5 Å². The Morgan fingerprint density at radius 3 is 2.63 bits per heavy atom. The highest BCUT2D eigenvalue weighted by Crippen LogP contribution is 2.24. The molecule has 0 unspecified atom stereocenters. The Labute approximate surface area is 175 Å². The van der Waals surface area contributed by atoms with E-state index in [1.165, 1.54) is 0 Å². The van der Waals surface area contributed by atoms with Crippen LogP contribution in [-0.4, -0.2) is 30.7 Å². The Bertz CT molecular complexity index is 995. The third-order valence-electron chi connectivity index (χ3n) is 4.39. The van der Waals surface area contributed by atoms with E-state index < -0.39 is 0 Å². The molecule has 30 heavy (non-hydrogen) atoms. The van der Waals surface area contributed by atoms with E-state index in [1.807, 2.05) is 31.2 Å². The van der Waals surface area contributed by atoms with Crippen molar-refractivity contribution in [3.05, 3.63) is 65.9 Å². The maximum absolute atomic E-state index is 12.3. The zero-order valence-corrected chi connectivity index (χ0v) is 17.0. The van der Waals surface area contributed by atoms with Crippen molar-refractivity contribution < 1.29 is 23.6 Å². The number of unbranched alkanes of at least 4 members (excludes halogenated alkanes) is 1. The molecule has 1 amide bonds. The molecule has 0 aliphatic rings. The van der Waals surface area contributed by atoms with Crippen LogP contribution >= 0.6 is 0 Å². The second kappa shape index (κ2) is 10.2. The highest BCUT2D eigenvalue weighted by atomic mass is 16.5. The Balaban J connectivity index is 1.55. The summed E-state index contributed by atoms with van der Waals surface area (Å²) in [4.78, 5) is 24.2. The maximum Gasteiger partial charge on any atom is 0.338 e. The van der Waals surface area contributed by atoms with Gasteiger partial charge in [-0.3, -0.25) is 4.79 Å². The molecule has 156 valence electrons. The first-order chi connectivity index (χ1) is 14.6. The normalized spacial score (nSPS) is 10.5. The van der Waals surface area contributed by atoms with Crippen LogP contribution in [0.15, 0.2) is 59.1 Å². The van der Waals surface area contributed by atoms with Gasteiger partial charge in [0.15, 0.2) is 5.76 Å². The van der Waals surface area contributed by atoms with Gasteiger partial charge in [0.1, 0.15) is 5.75 Å². The summed E-state index contributed by atoms with van der Waals surface area (Å²) in [7, 11) is 1.59. The molecule has 3 rings (SSSR count). The lowest BCUT2D eigenvalue weighted by atomic mass is 10.1. The summed E-state index contributed by atoms with van der Waals surface area (Å²) in [5, 5.41) is 6.75. The van der Waals surface area contributed by atoms with Crippen molar-refractivity contribution in [1.29, 1.82) is 0 Å². The molecular formula is C23H24N2O5. The maximum atomic E-state index is 12.3. The number of anilines is 1. The molecule has 0 aliphatic carbocycles. The van der Waals surface area contributed by atoms with E-state index in [1.54, 1.807) is 37.4 Å². The Morgan fingerprint density at radius 2 is 1.90 bits per heavy atom. The fourth-order valence-corrected chi connectivity index (χ4v) is 2.76. The molecular weight excluding hydrogens is 384 g/mol. The number of hydrogen-bond acceptors (Lipinski definition) is 6. The summed E-state index contributed by atoms with van der Waals surface area (Å²) in [6, 6.07) is 15.7. The number of hydrogen-bond donors (Lipinski definition) is 1. The molecule has 7 heteroatoms. The molecule has 0 aliphatic heterocycles. The lowest BCUT2D eigenvalue weighted by Gasteiger charge is -2.06. The summed E-state index contributed by atoms with van der Waals surface area (Å²) in [5.41, 5.74) is 2.36. The minimum Gasteiger partial charge on any atom is -0.497 e. The fraction of sp³-hybridized carbons (Fsp3) is 0.261. The smallest absolute Gasteiger partial charge is 0.338 e. The summed E-state index contributed by atoms with van der Waals surface area (Å²) in [5.74, 6) is 0.663. The van der Waals surface area contributed by atoms with Crippen LogP contribution in [0, 0.1) is 0 Å². The van der Waals surface area contributed by atoms with Gasteiger partial charge in [0.05, 0.1) is 31.4 Å². The molecule has 0 spiro atoms. The van der Waals surface area contributed by atoms with E-state index in [-0.39, 0.29) is 18.3 Å². The summed E-state index contributed by atoms with van der Waals surface area (Å²) in [6.45, 7) is 2.44. The van der Waals surface area contributed by atoms with Gasteiger partial charge in [-0.25, -0.2) is 4.79 Å². The van der Waals surface area contributed by atoms with Crippen molar-refractivity contribution in [1.82, 2.24) is 5.16 Å². The number of nitrogens with zero attached hydrogens (tertiary/aromatic N) is 1. The molecule has 7 nitrogen and oxygen atoms in total. The van der Waals surface area contributed by atoms with Crippen molar-refractivity contribution in [2.24, 2.45) is 0 Å². The van der Waals surface area contributed by atoms with Crippen LogP contribution in [0.1, 0.15) is 35.8 Å². The number of carbonyl (C=O) groups excluding carboxylic acids is 2. The first-order valence-electron chi connectivity index (χ1n) is 9.76. The third-order valence-corrected chi connectivity index (χ3v) is 4.39. The van der Waals surface area contributed by atoms with Gasteiger partial charge in [0, 0.05) is 17.3 Å². The van der Waals surface area contributed by atoms with Gasteiger partial charge in [-0.15, -0.1) is 0 Å². The monoisotopic (exact) mass is 408 g/mol. The molecule has 3 aromatic rings. The minimum absolute atomic E-state index is 0.0638. The van der Waals surface area contributed by atoms with Gasteiger partial charge in [0.25, 0.3) is 0 Å². The van der Waals surface area contributed by atoms with Crippen LogP contribution in [-0.2, 0) is 16.0 Å². The Hall–Kier alpha value is -3.61. The van der Waals surface area contributed by atoms with Crippen LogP contribution in [0.3, 0.4) is 0 Å². The van der Waals surface area contributed by atoms with Crippen molar-refractivity contribution >= 4 is 17.6 Å². The largest absolute Gasteiger partial charge is 0.497 e. The molecule has 1 N–H and O–H groups in total. The number of esters is 1. The Kier molecular flexibility index (Phi) is 7.21. The summed E-state index contributed by atoms with van der Waals surface area (Å²) in [6.07, 6.45) is 1.86. The number of methoxy groups -OCH3 is 1. The van der Waals surface area contributed by atoms with Crippen molar-refractivity contribution in [2.75, 3.05) is 19.0 Å². The molecule has 2 aromatic carbocycles. The molecule has 1 heterocycles. The number of carbonyl (C=O) groups is 2. The zero-order chi connectivity index (χ0) is 21.3. The van der Waals surface area contributed by atoms with Gasteiger partial charge in [0.2, 0.25) is 5.91 Å². The van der Waals surface area contributed by atoms with Crippen LogP contribution in [0.25, 0.3) is 11.3 Å². The lowest BCUT2D eigenvalue weighted by molar-refractivity contribution is -0.115. The van der Waals surface area contributed by atoms with Gasteiger partial charge in [-0.1, -0.05) is 30.6 Å². The summed E-state index contributed by atoms with van der Waals surface area (Å²) >= 11 is 0. The van der Waals surface area contributed by atoms with E-state index in [9.17, 15) is 9.59 Å². The number of benzene rings is 2. The predicted octanol–water partition coefficient (Wildman–Crippen LogP) is 4.49. The van der Waals surface area contributed by atoms with E-state index in [0.29, 0.717) is 35.1 Å². The van der Waals surface area contributed by atoms with E-state index in [0.717, 1.165) is 18.4 Å². The average Bonchev–Trinajstić information content (AvgIpc) is 3.22. The summed E-state index contributed by atoms with van der Waals surface area (Å²) < 4.78 is 15.7. The van der Waals surface area contributed by atoms with Crippen molar-refractivity contribution in [3.8, 4) is 17.1 Å². The predicted molar refractivity (Wildman–Crippen MR) is 112 cm³/mol. The van der Waals surface area contributed by atoms with Gasteiger partial charge in [-0.2, -0.15) is 0 Å². The topological polar surface area (TPSA) is 90.7 Å². The van der Waals surface area contributed by atoms with Gasteiger partial charge < -0.3 is 19.3 Å². The van der Waals surface area contributed by atoms with Crippen LogP contribution in [0.5, 0.6) is 5.75 Å². The molecule has 0 atom stereocenters. The second-order valence-corrected chi connectivity index (χ2v) is 6.71. The van der Waals surface area contributed by atoms with Crippen LogP contribution < -0.4 is 10.1 Å². The van der Waals surface area contributed by atoms with Crippen LogP contribution in [0.2, 0.25) is 0 Å². The highest BCUT2D eigenvalue weighted by Gasteiger charge is 2.12. The SMILES string of the molecule is CCCCOC(=O)c1ccc(NC(=O)Cc2cc(-c3cccc(OC)c3)on2)cc1. The number of aromatic nitrogens is 1. The number of amides is 1. The van der Waals surface area contributed by atoms with E-state index in [4.69, 9.17) is 14.0 Å². The molecule has 0 fully saturated rings. The first-order valence-corrected chi connectivity index (χ1v) is 9.76. The van der Waals surface area contributed by atoms with Crippen molar-refractivity contribution in [2.45, 2.75) is 26.2 Å². The molecule has 0 saturated carbocycles. The third kappa shape index (κ3) is 5.70. The lowest BCUT2D eigenvalue weighted by Crippen LogP contribution is -2.14. The standard InChI is InChI=1S/C23H24N2O5/c1-3-4-12-29-23(27)16-8-10-18(11-9-16)24-22(26)15-19-14-21(30-25-19)17-6-5-7-20(13-17)28-2/h5-11,13-14H,3-4,12,15H2,1-2H3,(H,24,26). The molecule has 1 aromatic heterocycles. The molecule has 0 bridgehead atoms. The molecule has 0 radical (unpaired) electrons. The number of rotatable bonds is 9. The first kappa shape index (κ1) is 21.1. The number of nitrogens with one attached hydrogen (secondary N) is 1. The number of ether oxygens (including phenoxy) is 2. The van der Waals surface area contributed by atoms with Gasteiger partial charge >= 0.3 is 5.97 Å². The fourth-order valence-electron chi connectivity index (χ4n) is 2.76. The van der Waals surface area contributed by atoms with E-state index >= 15 is 0 Å². The zero-order valence-electron chi connectivity index (χ0n) is 17.0. The quantitative estimate of drug-likeness (QED) is 0.414. The highest BCUT2D eigenvalue weighted by molar-refractivity contribution is 5.93. The van der Waals surface area contributed by atoms with Crippen molar-refractivity contribution in [3.63, 3.8) is 0 Å².